The minimum Gasteiger partial charge on any atom is -0.497 e. The molecule has 3 aromatic carbocycles. The molecule has 0 unspecified atom stereocenters. The molecule has 1 N–H and O–H groups in total. The van der Waals surface area contributed by atoms with Crippen LogP contribution in [0, 0.1) is 0 Å². The van der Waals surface area contributed by atoms with Crippen LogP contribution in [0.5, 0.6) is 5.75 Å². The van der Waals surface area contributed by atoms with Gasteiger partial charge in [0.2, 0.25) is 21.8 Å². The summed E-state index contributed by atoms with van der Waals surface area (Å²) in [4.78, 5) is 29.1. The SMILES string of the molecule is CCCCNC(=O)[C@H](Cc1ccccc1)N(Cc1c(Cl)cccc1Cl)C(=O)CCCN(c1ccc(OC)cc1)S(C)(=O)=O. The van der Waals surface area contributed by atoms with Gasteiger partial charge in [0.15, 0.2) is 0 Å². The van der Waals surface area contributed by atoms with E-state index in [-0.39, 0.29) is 44.2 Å². The largest absolute Gasteiger partial charge is 0.497 e. The van der Waals surface area contributed by atoms with E-state index in [1.54, 1.807) is 42.5 Å². The summed E-state index contributed by atoms with van der Waals surface area (Å²) in [6.07, 6.45) is 3.35. The molecule has 3 aromatic rings. The van der Waals surface area contributed by atoms with Crippen molar-refractivity contribution in [1.29, 1.82) is 0 Å². The Morgan fingerprint density at radius 3 is 2.16 bits per heavy atom. The molecule has 0 aliphatic carbocycles. The van der Waals surface area contributed by atoms with Crippen LogP contribution in [0.25, 0.3) is 0 Å². The molecular weight excluding hydrogens is 609 g/mol. The number of hydrogen-bond donors (Lipinski definition) is 1. The molecule has 0 bridgehead atoms. The molecule has 0 heterocycles. The van der Waals surface area contributed by atoms with Crippen LogP contribution in [0.1, 0.15) is 43.7 Å². The predicted octanol–water partition coefficient (Wildman–Crippen LogP) is 6.10. The molecule has 1 atom stereocenters. The second-order valence-electron chi connectivity index (χ2n) is 10.2. The maximum absolute atomic E-state index is 14.0. The molecule has 0 saturated carbocycles. The predicted molar refractivity (Wildman–Crippen MR) is 173 cm³/mol. The first-order chi connectivity index (χ1) is 20.5. The number of ether oxygens (including phenoxy) is 1. The first-order valence-electron chi connectivity index (χ1n) is 14.2. The van der Waals surface area contributed by atoms with Gasteiger partial charge in [-0.2, -0.15) is 0 Å². The standard InChI is InChI=1S/C32H39Cl2N3O5S/c1-4-5-20-35-32(39)30(22-24-11-7-6-8-12-24)36(23-27-28(33)13-9-14-29(27)34)31(38)15-10-21-37(43(3,40)41)25-16-18-26(42-2)19-17-25/h6-9,11-14,16-19,30H,4-5,10,15,20-23H2,1-3H3,(H,35,39)/t30-/m0/s1. The van der Waals surface area contributed by atoms with Gasteiger partial charge >= 0.3 is 0 Å². The molecule has 0 spiro atoms. The van der Waals surface area contributed by atoms with Crippen molar-refractivity contribution >= 4 is 50.7 Å². The maximum Gasteiger partial charge on any atom is 0.243 e. The van der Waals surface area contributed by atoms with Crippen LogP contribution in [-0.4, -0.2) is 57.6 Å². The van der Waals surface area contributed by atoms with Crippen molar-refractivity contribution in [2.45, 2.75) is 51.6 Å². The van der Waals surface area contributed by atoms with Gasteiger partial charge in [-0.15, -0.1) is 0 Å². The Morgan fingerprint density at radius 2 is 1.58 bits per heavy atom. The number of rotatable bonds is 16. The number of unbranched alkanes of at least 4 members (excludes halogenated alkanes) is 1. The number of nitrogens with one attached hydrogen (secondary N) is 1. The third-order valence-corrected chi connectivity index (χ3v) is 8.91. The Kier molecular flexibility index (Phi) is 13.2. The summed E-state index contributed by atoms with van der Waals surface area (Å²) in [5, 5.41) is 3.76. The second-order valence-corrected chi connectivity index (χ2v) is 12.9. The number of carbonyl (C=O) groups excluding carboxylic acids is 2. The van der Waals surface area contributed by atoms with E-state index in [0.29, 0.717) is 33.6 Å². The minimum absolute atomic E-state index is 0.00221. The van der Waals surface area contributed by atoms with E-state index in [0.717, 1.165) is 24.7 Å². The highest BCUT2D eigenvalue weighted by molar-refractivity contribution is 7.92. The maximum atomic E-state index is 14.0. The van der Waals surface area contributed by atoms with E-state index in [4.69, 9.17) is 27.9 Å². The molecular formula is C32H39Cl2N3O5S. The van der Waals surface area contributed by atoms with Crippen LogP contribution in [0.15, 0.2) is 72.8 Å². The van der Waals surface area contributed by atoms with E-state index in [1.165, 1.54) is 16.3 Å². The fraction of sp³-hybridized carbons (Fsp3) is 0.375. The number of halogens is 2. The Labute approximate surface area is 265 Å². The summed E-state index contributed by atoms with van der Waals surface area (Å²) in [5.41, 5.74) is 1.89. The summed E-state index contributed by atoms with van der Waals surface area (Å²) < 4.78 is 31.8. The lowest BCUT2D eigenvalue weighted by atomic mass is 10.0. The van der Waals surface area contributed by atoms with Crippen molar-refractivity contribution in [3.05, 3.63) is 94.0 Å². The zero-order chi connectivity index (χ0) is 31.4. The average Bonchev–Trinajstić information content (AvgIpc) is 2.98. The first kappa shape index (κ1) is 34.2. The number of carbonyl (C=O) groups is 2. The molecule has 0 aromatic heterocycles. The Balaban J connectivity index is 1.90. The highest BCUT2D eigenvalue weighted by Gasteiger charge is 2.31. The Hall–Kier alpha value is -3.27. The first-order valence-corrected chi connectivity index (χ1v) is 16.8. The summed E-state index contributed by atoms with van der Waals surface area (Å²) in [7, 11) is -2.10. The monoisotopic (exact) mass is 647 g/mol. The minimum atomic E-state index is -3.63. The van der Waals surface area contributed by atoms with Crippen LogP contribution in [0.3, 0.4) is 0 Å². The molecule has 8 nitrogen and oxygen atoms in total. The van der Waals surface area contributed by atoms with E-state index >= 15 is 0 Å². The summed E-state index contributed by atoms with van der Waals surface area (Å²) in [5.74, 6) is 0.0125. The van der Waals surface area contributed by atoms with Crippen molar-refractivity contribution < 1.29 is 22.7 Å². The van der Waals surface area contributed by atoms with Gasteiger partial charge in [-0.05, 0) is 54.8 Å². The molecule has 0 saturated heterocycles. The number of benzene rings is 3. The lowest BCUT2D eigenvalue weighted by Crippen LogP contribution is -2.50. The van der Waals surface area contributed by atoms with Crippen LogP contribution in [-0.2, 0) is 32.6 Å². The van der Waals surface area contributed by atoms with Gasteiger partial charge in [0.1, 0.15) is 11.8 Å². The second kappa shape index (κ2) is 16.5. The summed E-state index contributed by atoms with van der Waals surface area (Å²) >= 11 is 13.0. The van der Waals surface area contributed by atoms with Gasteiger partial charge in [-0.3, -0.25) is 13.9 Å². The zero-order valence-electron chi connectivity index (χ0n) is 24.8. The van der Waals surface area contributed by atoms with Crippen LogP contribution in [0.2, 0.25) is 10.0 Å². The third-order valence-electron chi connectivity index (χ3n) is 7.00. The van der Waals surface area contributed by atoms with Gasteiger partial charge in [0.25, 0.3) is 0 Å². The number of amides is 2. The van der Waals surface area contributed by atoms with Gasteiger partial charge in [-0.1, -0.05) is 72.9 Å². The molecule has 11 heteroatoms. The van der Waals surface area contributed by atoms with Crippen molar-refractivity contribution in [2.75, 3.05) is 30.8 Å². The van der Waals surface area contributed by atoms with E-state index in [1.807, 2.05) is 37.3 Å². The van der Waals surface area contributed by atoms with Crippen molar-refractivity contribution in [3.8, 4) is 5.75 Å². The Morgan fingerprint density at radius 1 is 0.930 bits per heavy atom. The van der Waals surface area contributed by atoms with Crippen molar-refractivity contribution in [1.82, 2.24) is 10.2 Å². The molecule has 0 aliphatic heterocycles. The number of hydrogen-bond acceptors (Lipinski definition) is 5. The van der Waals surface area contributed by atoms with Crippen molar-refractivity contribution in [2.24, 2.45) is 0 Å². The van der Waals surface area contributed by atoms with E-state index in [2.05, 4.69) is 5.32 Å². The highest BCUT2D eigenvalue weighted by atomic mass is 35.5. The van der Waals surface area contributed by atoms with E-state index in [9.17, 15) is 18.0 Å². The topological polar surface area (TPSA) is 96.0 Å². The van der Waals surface area contributed by atoms with Gasteiger partial charge in [-0.25, -0.2) is 8.42 Å². The lowest BCUT2D eigenvalue weighted by Gasteiger charge is -2.32. The van der Waals surface area contributed by atoms with Crippen LogP contribution in [0.4, 0.5) is 5.69 Å². The highest BCUT2D eigenvalue weighted by Crippen LogP contribution is 2.28. The molecule has 3 rings (SSSR count). The number of methoxy groups -OCH3 is 1. The summed E-state index contributed by atoms with van der Waals surface area (Å²) in [6.45, 7) is 2.61. The average molecular weight is 649 g/mol. The number of sulfonamides is 1. The number of nitrogens with zero attached hydrogens (tertiary/aromatic N) is 2. The lowest BCUT2D eigenvalue weighted by molar-refractivity contribution is -0.141. The molecule has 232 valence electrons. The van der Waals surface area contributed by atoms with Gasteiger partial charge < -0.3 is 15.0 Å². The smallest absolute Gasteiger partial charge is 0.243 e. The normalized spacial score (nSPS) is 11.9. The van der Waals surface area contributed by atoms with E-state index < -0.39 is 16.1 Å². The zero-order valence-corrected chi connectivity index (χ0v) is 27.1. The fourth-order valence-electron chi connectivity index (χ4n) is 4.67. The van der Waals surface area contributed by atoms with Crippen LogP contribution >= 0.6 is 23.2 Å². The fourth-order valence-corrected chi connectivity index (χ4v) is 6.15. The molecule has 0 radical (unpaired) electrons. The summed E-state index contributed by atoms with van der Waals surface area (Å²) in [6, 6.07) is 20.4. The molecule has 2 amide bonds. The van der Waals surface area contributed by atoms with Gasteiger partial charge in [0.05, 0.1) is 19.1 Å². The molecule has 43 heavy (non-hydrogen) atoms. The van der Waals surface area contributed by atoms with Crippen LogP contribution < -0.4 is 14.4 Å². The van der Waals surface area contributed by atoms with Crippen molar-refractivity contribution in [3.63, 3.8) is 0 Å². The van der Waals surface area contributed by atoms with Gasteiger partial charge in [0, 0.05) is 48.1 Å². The quantitative estimate of drug-likeness (QED) is 0.189. The third kappa shape index (κ3) is 10.2. The number of anilines is 1. The molecule has 0 fully saturated rings. The molecule has 0 aliphatic rings. The Bertz CT molecular complexity index is 1430.